The first-order valence-corrected chi connectivity index (χ1v) is 8.03. The van der Waals surface area contributed by atoms with Crippen LogP contribution in [0.25, 0.3) is 0 Å². The maximum atomic E-state index is 11.9. The number of Topliss-reactive ketones (excluding diaryl/α,β-unsaturated/α-hetero) is 1. The number of carbonyl (C=O) groups is 1. The minimum Gasteiger partial charge on any atom is -0.300 e. The predicted molar refractivity (Wildman–Crippen MR) is 73.2 cm³/mol. The molecule has 0 saturated heterocycles. The maximum absolute atomic E-state index is 11.9. The van der Waals surface area contributed by atoms with Crippen LogP contribution in [0, 0.1) is 6.92 Å². The Kier molecular flexibility index (Phi) is 5.54. The Morgan fingerprint density at radius 3 is 2.61 bits per heavy atom. The Hall–Kier alpha value is -1.16. The minimum absolute atomic E-state index is 0.0645. The van der Waals surface area contributed by atoms with Gasteiger partial charge in [-0.05, 0) is 18.9 Å². The van der Waals surface area contributed by atoms with E-state index in [9.17, 15) is 13.2 Å². The SMILES string of the molecule is CCC(=O)CCCS(=O)(=O)Cc1cccc(C)c1. The molecule has 0 aliphatic rings. The summed E-state index contributed by atoms with van der Waals surface area (Å²) in [7, 11) is -3.11. The van der Waals surface area contributed by atoms with Crippen LogP contribution >= 0.6 is 0 Å². The van der Waals surface area contributed by atoms with E-state index < -0.39 is 9.84 Å². The summed E-state index contributed by atoms with van der Waals surface area (Å²) in [6.45, 7) is 3.74. The highest BCUT2D eigenvalue weighted by Crippen LogP contribution is 2.10. The molecule has 0 bridgehead atoms. The summed E-state index contributed by atoms with van der Waals surface area (Å²) in [4.78, 5) is 11.1. The predicted octanol–water partition coefficient (Wildman–Crippen LogP) is 2.67. The summed E-state index contributed by atoms with van der Waals surface area (Å²) in [5, 5.41) is 0. The minimum atomic E-state index is -3.11. The molecular weight excluding hydrogens is 248 g/mol. The van der Waals surface area contributed by atoms with Crippen LogP contribution in [0.1, 0.15) is 37.3 Å². The second kappa shape index (κ2) is 6.69. The number of carbonyl (C=O) groups excluding carboxylic acids is 1. The molecular formula is C14H20O3S. The summed E-state index contributed by atoms with van der Waals surface area (Å²) < 4.78 is 23.7. The number of benzene rings is 1. The van der Waals surface area contributed by atoms with Crippen LogP contribution in [0.4, 0.5) is 0 Å². The topological polar surface area (TPSA) is 51.2 Å². The van der Waals surface area contributed by atoms with Gasteiger partial charge in [0.25, 0.3) is 0 Å². The fraction of sp³-hybridized carbons (Fsp3) is 0.500. The van der Waals surface area contributed by atoms with Gasteiger partial charge >= 0.3 is 0 Å². The van der Waals surface area contributed by atoms with E-state index in [1.165, 1.54) is 0 Å². The maximum Gasteiger partial charge on any atom is 0.154 e. The highest BCUT2D eigenvalue weighted by molar-refractivity contribution is 7.90. The Morgan fingerprint density at radius 1 is 1.28 bits per heavy atom. The number of rotatable bonds is 7. The lowest BCUT2D eigenvalue weighted by Crippen LogP contribution is -2.11. The van der Waals surface area contributed by atoms with Crippen LogP contribution in [0.15, 0.2) is 24.3 Å². The first-order chi connectivity index (χ1) is 8.43. The highest BCUT2D eigenvalue weighted by atomic mass is 32.2. The van der Waals surface area contributed by atoms with Crippen molar-refractivity contribution in [3.8, 4) is 0 Å². The molecule has 0 aromatic heterocycles. The molecule has 0 N–H and O–H groups in total. The molecule has 0 spiro atoms. The van der Waals surface area contributed by atoms with E-state index in [0.29, 0.717) is 19.3 Å². The standard InChI is InChI=1S/C14H20O3S/c1-3-14(15)8-5-9-18(16,17)11-13-7-4-6-12(2)10-13/h4,6-7,10H,3,5,8-9,11H2,1-2H3. The average Bonchev–Trinajstić information content (AvgIpc) is 2.27. The molecule has 4 heteroatoms. The molecule has 0 radical (unpaired) electrons. The van der Waals surface area contributed by atoms with Crippen molar-refractivity contribution in [2.24, 2.45) is 0 Å². The molecule has 1 aromatic carbocycles. The molecule has 0 unspecified atom stereocenters. The van der Waals surface area contributed by atoms with Crippen molar-refractivity contribution in [2.75, 3.05) is 5.75 Å². The molecule has 0 amide bonds. The van der Waals surface area contributed by atoms with Gasteiger partial charge in [0.2, 0.25) is 0 Å². The molecule has 0 aliphatic carbocycles. The van der Waals surface area contributed by atoms with E-state index in [1.807, 2.05) is 31.2 Å². The van der Waals surface area contributed by atoms with E-state index in [4.69, 9.17) is 0 Å². The largest absolute Gasteiger partial charge is 0.300 e. The van der Waals surface area contributed by atoms with Crippen molar-refractivity contribution in [3.05, 3.63) is 35.4 Å². The van der Waals surface area contributed by atoms with Crippen molar-refractivity contribution in [1.29, 1.82) is 0 Å². The van der Waals surface area contributed by atoms with Gasteiger partial charge in [0.05, 0.1) is 11.5 Å². The summed E-state index contributed by atoms with van der Waals surface area (Å²) in [6.07, 6.45) is 1.28. The summed E-state index contributed by atoms with van der Waals surface area (Å²) in [5.41, 5.74) is 1.88. The van der Waals surface area contributed by atoms with E-state index in [-0.39, 0.29) is 17.3 Å². The van der Waals surface area contributed by atoms with Gasteiger partial charge in [0.1, 0.15) is 5.78 Å². The lowest BCUT2D eigenvalue weighted by Gasteiger charge is -2.05. The third kappa shape index (κ3) is 5.45. The van der Waals surface area contributed by atoms with Crippen molar-refractivity contribution in [1.82, 2.24) is 0 Å². The quantitative estimate of drug-likeness (QED) is 0.764. The van der Waals surface area contributed by atoms with Gasteiger partial charge in [-0.15, -0.1) is 0 Å². The molecule has 100 valence electrons. The molecule has 1 aromatic rings. The zero-order chi connectivity index (χ0) is 13.6. The van der Waals surface area contributed by atoms with Gasteiger partial charge in [-0.1, -0.05) is 36.8 Å². The second-order valence-electron chi connectivity index (χ2n) is 4.58. The lowest BCUT2D eigenvalue weighted by molar-refractivity contribution is -0.118. The molecule has 18 heavy (non-hydrogen) atoms. The van der Waals surface area contributed by atoms with Gasteiger partial charge in [0.15, 0.2) is 9.84 Å². The van der Waals surface area contributed by atoms with Crippen LogP contribution < -0.4 is 0 Å². The number of aryl methyl sites for hydroxylation is 1. The fourth-order valence-corrected chi connectivity index (χ4v) is 3.21. The van der Waals surface area contributed by atoms with Crippen molar-refractivity contribution in [2.45, 2.75) is 38.9 Å². The smallest absolute Gasteiger partial charge is 0.154 e. The van der Waals surface area contributed by atoms with Gasteiger partial charge in [0, 0.05) is 12.8 Å². The first-order valence-electron chi connectivity index (χ1n) is 6.20. The molecule has 0 atom stereocenters. The number of ketones is 1. The monoisotopic (exact) mass is 268 g/mol. The van der Waals surface area contributed by atoms with Crippen LogP contribution in [0.5, 0.6) is 0 Å². The Bertz CT molecular complexity index is 504. The highest BCUT2D eigenvalue weighted by Gasteiger charge is 2.12. The number of hydrogen-bond donors (Lipinski definition) is 0. The summed E-state index contributed by atoms with van der Waals surface area (Å²) in [6, 6.07) is 7.51. The molecule has 0 heterocycles. The molecule has 0 aliphatic heterocycles. The molecule has 0 saturated carbocycles. The molecule has 1 rings (SSSR count). The van der Waals surface area contributed by atoms with Crippen LogP contribution in [-0.4, -0.2) is 20.0 Å². The van der Waals surface area contributed by atoms with Crippen LogP contribution in [-0.2, 0) is 20.4 Å². The van der Waals surface area contributed by atoms with Crippen molar-refractivity contribution < 1.29 is 13.2 Å². The zero-order valence-electron chi connectivity index (χ0n) is 11.0. The van der Waals surface area contributed by atoms with Gasteiger partial charge in [-0.3, -0.25) is 4.79 Å². The zero-order valence-corrected chi connectivity index (χ0v) is 11.8. The third-order valence-electron chi connectivity index (χ3n) is 2.77. The van der Waals surface area contributed by atoms with Crippen molar-refractivity contribution >= 4 is 15.6 Å². The molecule has 3 nitrogen and oxygen atoms in total. The van der Waals surface area contributed by atoms with E-state index >= 15 is 0 Å². The Labute approximate surface area is 109 Å². The van der Waals surface area contributed by atoms with E-state index in [0.717, 1.165) is 11.1 Å². The fourth-order valence-electron chi connectivity index (χ4n) is 1.79. The van der Waals surface area contributed by atoms with Crippen LogP contribution in [0.2, 0.25) is 0 Å². The normalized spacial score (nSPS) is 11.4. The van der Waals surface area contributed by atoms with Crippen LogP contribution in [0.3, 0.4) is 0 Å². The van der Waals surface area contributed by atoms with Gasteiger partial charge < -0.3 is 0 Å². The van der Waals surface area contributed by atoms with E-state index in [1.54, 1.807) is 6.92 Å². The first kappa shape index (κ1) is 14.9. The number of hydrogen-bond acceptors (Lipinski definition) is 3. The summed E-state index contributed by atoms with van der Waals surface area (Å²) >= 11 is 0. The Morgan fingerprint density at radius 2 is 2.00 bits per heavy atom. The average molecular weight is 268 g/mol. The molecule has 0 fully saturated rings. The van der Waals surface area contributed by atoms with Gasteiger partial charge in [-0.2, -0.15) is 0 Å². The second-order valence-corrected chi connectivity index (χ2v) is 6.76. The number of sulfone groups is 1. The van der Waals surface area contributed by atoms with E-state index in [2.05, 4.69) is 0 Å². The summed E-state index contributed by atoms with van der Waals surface area (Å²) in [5.74, 6) is 0.280. The Balaban J connectivity index is 2.52. The van der Waals surface area contributed by atoms with Crippen molar-refractivity contribution in [3.63, 3.8) is 0 Å². The van der Waals surface area contributed by atoms with Gasteiger partial charge in [-0.25, -0.2) is 8.42 Å². The lowest BCUT2D eigenvalue weighted by atomic mass is 10.2. The third-order valence-corrected chi connectivity index (χ3v) is 4.46.